The van der Waals surface area contributed by atoms with Gasteiger partial charge >= 0.3 is 0 Å². The van der Waals surface area contributed by atoms with Gasteiger partial charge in [-0.15, -0.1) is 10.2 Å². The number of carbonyl (C=O) groups excluding carboxylic acids is 2. The van der Waals surface area contributed by atoms with E-state index < -0.39 is 0 Å². The maximum absolute atomic E-state index is 12.9. The first-order chi connectivity index (χ1) is 13.0. The smallest absolute Gasteiger partial charge is 0.229 e. The number of nitrogens with one attached hydrogen (secondary N) is 2. The average molecular weight is 364 g/mol. The number of halogens is 1. The van der Waals surface area contributed by atoms with E-state index in [1.54, 1.807) is 42.5 Å². The Balaban J connectivity index is 1.60. The van der Waals surface area contributed by atoms with Crippen LogP contribution >= 0.6 is 0 Å². The molecule has 2 N–H and O–H groups in total. The van der Waals surface area contributed by atoms with Crippen molar-refractivity contribution in [2.24, 2.45) is 0 Å². The van der Waals surface area contributed by atoms with Gasteiger partial charge in [0.05, 0.1) is 6.42 Å². The largest absolute Gasteiger partial charge is 0.339 e. The maximum Gasteiger partial charge on any atom is 0.229 e. The van der Waals surface area contributed by atoms with Gasteiger partial charge in [0.2, 0.25) is 5.91 Å². The standard InChI is InChI=1S/C20H17FN4O2/c1-13(26)15-3-2-4-17(12-15)22-18-9-10-19(25-24-18)23-20(27)11-14-5-7-16(21)8-6-14/h2-10,12H,11H2,1H3,(H,22,24)(H,23,25,27). The third kappa shape index (κ3) is 5.18. The molecule has 0 atom stereocenters. The minimum Gasteiger partial charge on any atom is -0.339 e. The monoisotopic (exact) mass is 364 g/mol. The van der Waals surface area contributed by atoms with E-state index in [2.05, 4.69) is 20.8 Å². The summed E-state index contributed by atoms with van der Waals surface area (Å²) in [5.74, 6) is 0.147. The van der Waals surface area contributed by atoms with Crippen molar-refractivity contribution in [3.8, 4) is 0 Å². The first kappa shape index (κ1) is 18.2. The number of rotatable bonds is 6. The van der Waals surface area contributed by atoms with Gasteiger partial charge < -0.3 is 10.6 Å². The van der Waals surface area contributed by atoms with E-state index in [1.807, 2.05) is 6.07 Å². The van der Waals surface area contributed by atoms with Crippen molar-refractivity contribution in [2.75, 3.05) is 10.6 Å². The molecule has 7 heteroatoms. The van der Waals surface area contributed by atoms with Crippen LogP contribution in [0.3, 0.4) is 0 Å². The number of amides is 1. The van der Waals surface area contributed by atoms with Crippen LogP contribution in [0, 0.1) is 5.82 Å². The topological polar surface area (TPSA) is 84.0 Å². The minimum atomic E-state index is -0.345. The second-order valence-corrected chi connectivity index (χ2v) is 5.92. The molecule has 6 nitrogen and oxygen atoms in total. The average Bonchev–Trinajstić information content (AvgIpc) is 2.65. The Labute approximate surface area is 155 Å². The quantitative estimate of drug-likeness (QED) is 0.651. The molecule has 0 aliphatic rings. The van der Waals surface area contributed by atoms with Gasteiger partial charge in [-0.1, -0.05) is 24.3 Å². The first-order valence-electron chi connectivity index (χ1n) is 8.25. The highest BCUT2D eigenvalue weighted by Crippen LogP contribution is 2.17. The number of anilines is 3. The van der Waals surface area contributed by atoms with Gasteiger partial charge in [0.1, 0.15) is 5.82 Å². The predicted molar refractivity (Wildman–Crippen MR) is 100 cm³/mol. The summed E-state index contributed by atoms with van der Waals surface area (Å²) >= 11 is 0. The Bertz CT molecular complexity index is 956. The molecule has 0 aliphatic heterocycles. The zero-order valence-electron chi connectivity index (χ0n) is 14.6. The Morgan fingerprint density at radius 2 is 1.67 bits per heavy atom. The van der Waals surface area contributed by atoms with Crippen LogP contribution in [0.25, 0.3) is 0 Å². The SMILES string of the molecule is CC(=O)c1cccc(Nc2ccc(NC(=O)Cc3ccc(F)cc3)nn2)c1. The Morgan fingerprint density at radius 1 is 0.963 bits per heavy atom. The van der Waals surface area contributed by atoms with Gasteiger partial charge in [0, 0.05) is 11.3 Å². The summed E-state index contributed by atoms with van der Waals surface area (Å²) in [5.41, 5.74) is 2.01. The van der Waals surface area contributed by atoms with Crippen LogP contribution in [0.5, 0.6) is 0 Å². The summed E-state index contributed by atoms with van der Waals surface area (Å²) in [6.07, 6.45) is 0.111. The first-order valence-corrected chi connectivity index (χ1v) is 8.25. The van der Waals surface area contributed by atoms with E-state index in [1.165, 1.54) is 19.1 Å². The molecule has 0 fully saturated rings. The molecule has 0 spiro atoms. The lowest BCUT2D eigenvalue weighted by molar-refractivity contribution is -0.115. The Morgan fingerprint density at radius 3 is 2.33 bits per heavy atom. The van der Waals surface area contributed by atoms with Crippen molar-refractivity contribution in [3.05, 3.63) is 77.6 Å². The Kier molecular flexibility index (Phi) is 5.51. The molecule has 0 bridgehead atoms. The van der Waals surface area contributed by atoms with Crippen LogP contribution in [0.4, 0.5) is 21.7 Å². The molecule has 1 amide bonds. The van der Waals surface area contributed by atoms with Crippen LogP contribution in [-0.4, -0.2) is 21.9 Å². The van der Waals surface area contributed by atoms with Crippen LogP contribution < -0.4 is 10.6 Å². The van der Waals surface area contributed by atoms with Crippen molar-refractivity contribution in [3.63, 3.8) is 0 Å². The molecule has 1 heterocycles. The highest BCUT2D eigenvalue weighted by atomic mass is 19.1. The fourth-order valence-corrected chi connectivity index (χ4v) is 2.40. The van der Waals surface area contributed by atoms with E-state index in [-0.39, 0.29) is 23.9 Å². The zero-order chi connectivity index (χ0) is 19.2. The van der Waals surface area contributed by atoms with Gasteiger partial charge in [0.25, 0.3) is 0 Å². The summed E-state index contributed by atoms with van der Waals surface area (Å²) < 4.78 is 12.9. The molecule has 0 saturated carbocycles. The van der Waals surface area contributed by atoms with Crippen LogP contribution in [0.2, 0.25) is 0 Å². The van der Waals surface area contributed by atoms with Crippen molar-refractivity contribution in [1.82, 2.24) is 10.2 Å². The van der Waals surface area contributed by atoms with Gasteiger partial charge in [0.15, 0.2) is 17.4 Å². The van der Waals surface area contributed by atoms with E-state index in [0.717, 1.165) is 0 Å². The molecule has 3 rings (SSSR count). The number of ketones is 1. The summed E-state index contributed by atoms with van der Waals surface area (Å²) in [6, 6.07) is 16.1. The van der Waals surface area contributed by atoms with Gasteiger partial charge in [-0.2, -0.15) is 0 Å². The van der Waals surface area contributed by atoms with E-state index in [4.69, 9.17) is 0 Å². The molecular formula is C20H17FN4O2. The third-order valence-corrected chi connectivity index (χ3v) is 3.75. The summed E-state index contributed by atoms with van der Waals surface area (Å²) in [7, 11) is 0. The lowest BCUT2D eigenvalue weighted by Gasteiger charge is -2.08. The second-order valence-electron chi connectivity index (χ2n) is 5.92. The second kappa shape index (κ2) is 8.18. The molecular weight excluding hydrogens is 347 g/mol. The molecule has 0 aliphatic carbocycles. The van der Waals surface area contributed by atoms with Crippen molar-refractivity contribution in [2.45, 2.75) is 13.3 Å². The van der Waals surface area contributed by atoms with Crippen molar-refractivity contribution < 1.29 is 14.0 Å². The highest BCUT2D eigenvalue weighted by Gasteiger charge is 2.07. The van der Waals surface area contributed by atoms with E-state index >= 15 is 0 Å². The Hall–Kier alpha value is -3.61. The predicted octanol–water partition coefficient (Wildman–Crippen LogP) is 3.74. The zero-order valence-corrected chi connectivity index (χ0v) is 14.6. The molecule has 27 heavy (non-hydrogen) atoms. The van der Waals surface area contributed by atoms with Gasteiger partial charge in [-0.05, 0) is 48.9 Å². The highest BCUT2D eigenvalue weighted by molar-refractivity contribution is 5.95. The molecule has 136 valence electrons. The van der Waals surface area contributed by atoms with Gasteiger partial charge in [-0.3, -0.25) is 9.59 Å². The number of hydrogen-bond acceptors (Lipinski definition) is 5. The van der Waals surface area contributed by atoms with Gasteiger partial charge in [-0.25, -0.2) is 4.39 Å². The number of benzene rings is 2. The third-order valence-electron chi connectivity index (χ3n) is 3.75. The molecule has 0 saturated heterocycles. The number of hydrogen-bond donors (Lipinski definition) is 2. The minimum absolute atomic E-state index is 0.0241. The lowest BCUT2D eigenvalue weighted by atomic mass is 10.1. The van der Waals surface area contributed by atoms with Crippen LogP contribution in [-0.2, 0) is 11.2 Å². The fraction of sp³-hybridized carbons (Fsp3) is 0.100. The normalized spacial score (nSPS) is 10.3. The number of nitrogens with zero attached hydrogens (tertiary/aromatic N) is 2. The fourth-order valence-electron chi connectivity index (χ4n) is 2.40. The molecule has 1 aromatic heterocycles. The summed E-state index contributed by atoms with van der Waals surface area (Å²) in [4.78, 5) is 23.5. The summed E-state index contributed by atoms with van der Waals surface area (Å²) in [6.45, 7) is 1.50. The molecule has 0 radical (unpaired) electrons. The molecule has 3 aromatic rings. The van der Waals surface area contributed by atoms with E-state index in [0.29, 0.717) is 28.5 Å². The maximum atomic E-state index is 12.9. The van der Waals surface area contributed by atoms with Crippen LogP contribution in [0.1, 0.15) is 22.8 Å². The van der Waals surface area contributed by atoms with Crippen molar-refractivity contribution >= 4 is 29.0 Å². The number of Topliss-reactive ketones (excluding diaryl/α,β-unsaturated/α-hetero) is 1. The van der Waals surface area contributed by atoms with Crippen LogP contribution in [0.15, 0.2) is 60.7 Å². The molecule has 2 aromatic carbocycles. The molecule has 0 unspecified atom stereocenters. The van der Waals surface area contributed by atoms with Crippen molar-refractivity contribution in [1.29, 1.82) is 0 Å². The number of aromatic nitrogens is 2. The van der Waals surface area contributed by atoms with E-state index in [9.17, 15) is 14.0 Å². The lowest BCUT2D eigenvalue weighted by Crippen LogP contribution is -2.15. The number of carbonyl (C=O) groups is 2. The summed E-state index contributed by atoms with van der Waals surface area (Å²) in [5, 5.41) is 13.7.